The van der Waals surface area contributed by atoms with Crippen LogP contribution in [0.5, 0.6) is 0 Å². The van der Waals surface area contributed by atoms with Gasteiger partial charge in [-0.15, -0.1) is 0 Å². The first-order chi connectivity index (χ1) is 12.6. The van der Waals surface area contributed by atoms with Crippen LogP contribution in [0.25, 0.3) is 0 Å². The van der Waals surface area contributed by atoms with E-state index in [4.69, 9.17) is 0 Å². The van der Waals surface area contributed by atoms with Crippen LogP contribution in [-0.2, 0) is 9.59 Å². The summed E-state index contributed by atoms with van der Waals surface area (Å²) >= 11 is 0. The van der Waals surface area contributed by atoms with E-state index in [1.807, 2.05) is 0 Å². The van der Waals surface area contributed by atoms with Gasteiger partial charge in [0, 0.05) is 38.1 Å². The van der Waals surface area contributed by atoms with Crippen LogP contribution in [0.3, 0.4) is 0 Å². The lowest BCUT2D eigenvalue weighted by molar-refractivity contribution is -0.132. The topological polar surface area (TPSA) is 81.8 Å². The van der Waals surface area contributed by atoms with Crippen LogP contribution < -0.4 is 10.6 Å². The zero-order valence-corrected chi connectivity index (χ0v) is 15.5. The quantitative estimate of drug-likeness (QED) is 0.724. The number of carbonyl (C=O) groups excluding carboxylic acids is 3. The van der Waals surface area contributed by atoms with Gasteiger partial charge in [0.1, 0.15) is 5.54 Å². The zero-order chi connectivity index (χ0) is 18.1. The lowest BCUT2D eigenvalue weighted by Crippen LogP contribution is -2.48. The van der Waals surface area contributed by atoms with Gasteiger partial charge >= 0.3 is 6.03 Å². The van der Waals surface area contributed by atoms with Crippen molar-refractivity contribution in [2.75, 3.05) is 19.6 Å². The Balaban J connectivity index is 1.22. The highest BCUT2D eigenvalue weighted by Gasteiger charge is 2.51. The monoisotopic (exact) mass is 362 g/mol. The molecule has 7 heteroatoms. The van der Waals surface area contributed by atoms with Crippen LogP contribution in [0.4, 0.5) is 4.79 Å². The molecule has 2 saturated carbocycles. The highest BCUT2D eigenvalue weighted by molar-refractivity contribution is 6.07. The van der Waals surface area contributed by atoms with Crippen molar-refractivity contribution < 1.29 is 14.4 Å². The molecule has 2 aliphatic heterocycles. The molecule has 26 heavy (non-hydrogen) atoms. The third kappa shape index (κ3) is 3.59. The Bertz CT molecular complexity index is 575. The summed E-state index contributed by atoms with van der Waals surface area (Å²) in [6.07, 6.45) is 9.34. The van der Waals surface area contributed by atoms with Gasteiger partial charge in [0.2, 0.25) is 5.91 Å². The lowest BCUT2D eigenvalue weighted by atomic mass is 9.82. The minimum Gasteiger partial charge on any atom is -0.353 e. The predicted octanol–water partition coefficient (Wildman–Crippen LogP) is 1.37. The second-order valence-corrected chi connectivity index (χ2v) is 8.39. The fourth-order valence-electron chi connectivity index (χ4n) is 4.74. The largest absolute Gasteiger partial charge is 0.353 e. The molecule has 0 radical (unpaired) electrons. The number of amides is 4. The van der Waals surface area contributed by atoms with Gasteiger partial charge in [0.25, 0.3) is 5.91 Å². The molecule has 4 amide bonds. The Morgan fingerprint density at radius 2 is 1.77 bits per heavy atom. The Kier molecular flexibility index (Phi) is 4.90. The van der Waals surface area contributed by atoms with Crippen LogP contribution in [0, 0.1) is 0 Å². The zero-order valence-electron chi connectivity index (χ0n) is 15.5. The van der Waals surface area contributed by atoms with Gasteiger partial charge in [0.15, 0.2) is 0 Å². The van der Waals surface area contributed by atoms with Crippen LogP contribution in [0.2, 0.25) is 0 Å². The molecule has 0 atom stereocenters. The third-order valence-corrected chi connectivity index (χ3v) is 6.47. The Morgan fingerprint density at radius 3 is 2.42 bits per heavy atom. The number of urea groups is 1. The average Bonchev–Trinajstić information content (AvgIpc) is 3.45. The SMILES string of the molecule is O=C(CCN1C(=O)NC2(CCCCC2)C1=O)NC1CCN(C2CC2)CC1. The van der Waals surface area contributed by atoms with Gasteiger partial charge in [-0.05, 0) is 38.5 Å². The molecule has 4 rings (SSSR count). The van der Waals surface area contributed by atoms with Crippen molar-refractivity contribution in [1.29, 1.82) is 0 Å². The molecule has 1 spiro atoms. The van der Waals surface area contributed by atoms with Gasteiger partial charge in [-0.1, -0.05) is 19.3 Å². The Morgan fingerprint density at radius 1 is 1.08 bits per heavy atom. The molecule has 7 nitrogen and oxygen atoms in total. The number of nitrogens with one attached hydrogen (secondary N) is 2. The molecule has 2 N–H and O–H groups in total. The number of nitrogens with zero attached hydrogens (tertiary/aromatic N) is 2. The first kappa shape index (κ1) is 17.8. The lowest BCUT2D eigenvalue weighted by Gasteiger charge is -2.32. The molecule has 0 aromatic rings. The number of rotatable bonds is 5. The van der Waals surface area contributed by atoms with E-state index in [-0.39, 0.29) is 36.9 Å². The van der Waals surface area contributed by atoms with E-state index in [0.717, 1.165) is 64.1 Å². The molecule has 2 aliphatic carbocycles. The summed E-state index contributed by atoms with van der Waals surface area (Å²) in [6.45, 7) is 2.30. The molecule has 0 aromatic heterocycles. The summed E-state index contributed by atoms with van der Waals surface area (Å²) in [5, 5.41) is 5.98. The van der Waals surface area contributed by atoms with Crippen molar-refractivity contribution in [3.05, 3.63) is 0 Å². The molecule has 4 fully saturated rings. The molecule has 144 valence electrons. The first-order valence-corrected chi connectivity index (χ1v) is 10.2. The van der Waals surface area contributed by atoms with Crippen LogP contribution >= 0.6 is 0 Å². The molecule has 2 saturated heterocycles. The summed E-state index contributed by atoms with van der Waals surface area (Å²) in [6, 6.07) is 0.686. The van der Waals surface area contributed by atoms with E-state index in [2.05, 4.69) is 15.5 Å². The van der Waals surface area contributed by atoms with Gasteiger partial charge in [-0.3, -0.25) is 14.5 Å². The van der Waals surface area contributed by atoms with Crippen molar-refractivity contribution >= 4 is 17.8 Å². The molecule has 0 unspecified atom stereocenters. The van der Waals surface area contributed by atoms with E-state index in [1.165, 1.54) is 17.7 Å². The molecule has 0 bridgehead atoms. The molecule has 0 aromatic carbocycles. The van der Waals surface area contributed by atoms with E-state index < -0.39 is 5.54 Å². The first-order valence-electron chi connectivity index (χ1n) is 10.2. The van der Waals surface area contributed by atoms with Crippen LogP contribution in [0.1, 0.15) is 64.2 Å². The summed E-state index contributed by atoms with van der Waals surface area (Å²) < 4.78 is 0. The maximum absolute atomic E-state index is 12.7. The number of carbonyl (C=O) groups is 3. The van der Waals surface area contributed by atoms with E-state index in [9.17, 15) is 14.4 Å². The highest BCUT2D eigenvalue weighted by Crippen LogP contribution is 2.33. The Labute approximate surface area is 154 Å². The maximum atomic E-state index is 12.7. The molecular formula is C19H30N4O3. The number of imide groups is 1. The van der Waals surface area contributed by atoms with Crippen LogP contribution in [0.15, 0.2) is 0 Å². The second-order valence-electron chi connectivity index (χ2n) is 8.39. The van der Waals surface area contributed by atoms with Gasteiger partial charge < -0.3 is 15.5 Å². The van der Waals surface area contributed by atoms with Crippen molar-refractivity contribution in [3.63, 3.8) is 0 Å². The van der Waals surface area contributed by atoms with Crippen molar-refractivity contribution in [3.8, 4) is 0 Å². The highest BCUT2D eigenvalue weighted by atomic mass is 16.2. The van der Waals surface area contributed by atoms with Gasteiger partial charge in [0.05, 0.1) is 0 Å². The minimum absolute atomic E-state index is 0.0555. The summed E-state index contributed by atoms with van der Waals surface area (Å²) in [7, 11) is 0. The van der Waals surface area contributed by atoms with Gasteiger partial charge in [-0.2, -0.15) is 0 Å². The van der Waals surface area contributed by atoms with E-state index >= 15 is 0 Å². The Hall–Kier alpha value is -1.63. The molecular weight excluding hydrogens is 332 g/mol. The minimum atomic E-state index is -0.693. The smallest absolute Gasteiger partial charge is 0.325 e. The third-order valence-electron chi connectivity index (χ3n) is 6.47. The normalized spacial score (nSPS) is 27.0. The summed E-state index contributed by atoms with van der Waals surface area (Å²) in [5.74, 6) is -0.187. The average molecular weight is 362 g/mol. The van der Waals surface area contributed by atoms with Gasteiger partial charge in [-0.25, -0.2) is 4.79 Å². The van der Waals surface area contributed by atoms with E-state index in [0.29, 0.717) is 0 Å². The van der Waals surface area contributed by atoms with E-state index in [1.54, 1.807) is 0 Å². The van der Waals surface area contributed by atoms with Crippen molar-refractivity contribution in [2.24, 2.45) is 0 Å². The molecule has 4 aliphatic rings. The fraction of sp³-hybridized carbons (Fsp3) is 0.842. The van der Waals surface area contributed by atoms with Crippen molar-refractivity contribution in [1.82, 2.24) is 20.4 Å². The van der Waals surface area contributed by atoms with Crippen LogP contribution in [-0.4, -0.2) is 64.9 Å². The fourth-order valence-corrected chi connectivity index (χ4v) is 4.74. The number of hydrogen-bond acceptors (Lipinski definition) is 4. The second kappa shape index (κ2) is 7.18. The summed E-state index contributed by atoms with van der Waals surface area (Å²) in [5.41, 5.74) is -0.693. The standard InChI is InChI=1S/C19H30N4O3/c24-16(20-14-6-11-22(12-7-14)15-4-5-15)8-13-23-17(25)19(21-18(23)26)9-2-1-3-10-19/h14-15H,1-13H2,(H,20,24)(H,21,26). The number of hydrogen-bond donors (Lipinski definition) is 2. The summed E-state index contributed by atoms with van der Waals surface area (Å²) in [4.78, 5) is 41.0. The molecule has 2 heterocycles. The maximum Gasteiger partial charge on any atom is 0.325 e. The number of piperidine rings is 1. The predicted molar refractivity (Wildman–Crippen MR) is 96.4 cm³/mol. The van der Waals surface area contributed by atoms with Crippen molar-refractivity contribution in [2.45, 2.75) is 81.8 Å². The number of likely N-dealkylation sites (tertiary alicyclic amines) is 1.